The molecule has 2 aliphatic carbocycles. The maximum Gasteiger partial charge on any atom is 0.245 e. The highest BCUT2D eigenvalue weighted by Crippen LogP contribution is 2.48. The fraction of sp³-hybridized carbons (Fsp3) is 0.692. The predicted molar refractivity (Wildman–Crippen MR) is 78.6 cm³/mol. The largest absolute Gasteiger partial charge is 0.292 e. The summed E-state index contributed by atoms with van der Waals surface area (Å²) in [6, 6.07) is 0. The van der Waals surface area contributed by atoms with Gasteiger partial charge in [0, 0.05) is 13.6 Å². The van der Waals surface area contributed by atoms with Crippen LogP contribution in [-0.2, 0) is 10.0 Å². The second-order valence-corrected chi connectivity index (χ2v) is 8.15. The lowest BCUT2D eigenvalue weighted by molar-refractivity contribution is 0.280. The number of nitrogen functional groups attached to an aromatic ring is 1. The van der Waals surface area contributed by atoms with Crippen LogP contribution >= 0.6 is 0 Å². The lowest BCUT2D eigenvalue weighted by Crippen LogP contribution is -2.34. The third-order valence-electron chi connectivity index (χ3n) is 4.84. The number of nitrogens with two attached hydrogens (primary N) is 1. The summed E-state index contributed by atoms with van der Waals surface area (Å²) in [5.41, 5.74) is 2.28. The van der Waals surface area contributed by atoms with Gasteiger partial charge in [0.15, 0.2) is 0 Å². The van der Waals surface area contributed by atoms with Crippen LogP contribution in [0.2, 0.25) is 0 Å². The minimum atomic E-state index is -3.53. The van der Waals surface area contributed by atoms with Gasteiger partial charge in [0.1, 0.15) is 4.90 Å². The molecule has 0 aliphatic heterocycles. The summed E-state index contributed by atoms with van der Waals surface area (Å²) in [5.74, 6) is 7.39. The van der Waals surface area contributed by atoms with Crippen LogP contribution in [-0.4, -0.2) is 36.3 Å². The van der Waals surface area contributed by atoms with Crippen LogP contribution in [0.1, 0.15) is 25.7 Å². The van der Waals surface area contributed by atoms with E-state index in [9.17, 15) is 8.42 Å². The first kappa shape index (κ1) is 14.7. The molecule has 2 fully saturated rings. The molecule has 2 bridgehead atoms. The number of hydrogen-bond acceptors (Lipinski definition) is 6. The van der Waals surface area contributed by atoms with Crippen molar-refractivity contribution in [3.8, 4) is 0 Å². The number of sulfonamides is 1. The SMILES string of the molecule is CN(CC1CC2CCC1C2)S(=O)(=O)c1cnc(NN)nc1. The molecule has 0 saturated heterocycles. The van der Waals surface area contributed by atoms with Crippen molar-refractivity contribution in [2.24, 2.45) is 23.6 Å². The summed E-state index contributed by atoms with van der Waals surface area (Å²) in [4.78, 5) is 7.83. The molecule has 116 valence electrons. The summed E-state index contributed by atoms with van der Waals surface area (Å²) in [6.45, 7) is 0.584. The van der Waals surface area contributed by atoms with Gasteiger partial charge in [0.05, 0.1) is 12.4 Å². The molecule has 1 heterocycles. The standard InChI is InChI=1S/C13H21N5O2S/c1-18(8-11-5-9-2-3-10(11)4-9)21(19,20)12-6-15-13(17-14)16-7-12/h6-7,9-11H,2-5,8,14H2,1H3,(H,15,16,17). The van der Waals surface area contributed by atoms with Gasteiger partial charge >= 0.3 is 0 Å². The van der Waals surface area contributed by atoms with E-state index in [0.29, 0.717) is 18.4 Å². The maximum atomic E-state index is 12.5. The highest BCUT2D eigenvalue weighted by molar-refractivity contribution is 7.89. The van der Waals surface area contributed by atoms with E-state index < -0.39 is 10.0 Å². The van der Waals surface area contributed by atoms with Crippen LogP contribution in [0, 0.1) is 17.8 Å². The van der Waals surface area contributed by atoms with Gasteiger partial charge < -0.3 is 0 Å². The lowest BCUT2D eigenvalue weighted by Gasteiger charge is -2.26. The number of nitrogens with one attached hydrogen (secondary N) is 1. The first-order valence-corrected chi connectivity index (χ1v) is 8.69. The Balaban J connectivity index is 1.71. The molecule has 7 nitrogen and oxygen atoms in total. The molecule has 8 heteroatoms. The molecule has 3 atom stereocenters. The van der Waals surface area contributed by atoms with Crippen molar-refractivity contribution in [2.45, 2.75) is 30.6 Å². The van der Waals surface area contributed by atoms with Gasteiger partial charge in [0.2, 0.25) is 16.0 Å². The zero-order valence-corrected chi connectivity index (χ0v) is 12.9. The highest BCUT2D eigenvalue weighted by Gasteiger charge is 2.40. The molecule has 0 spiro atoms. The monoisotopic (exact) mass is 311 g/mol. The lowest BCUT2D eigenvalue weighted by atomic mass is 9.89. The van der Waals surface area contributed by atoms with Gasteiger partial charge in [-0.15, -0.1) is 0 Å². The Morgan fingerprint density at radius 3 is 2.57 bits per heavy atom. The number of rotatable bonds is 5. The van der Waals surface area contributed by atoms with Crippen molar-refractivity contribution in [1.29, 1.82) is 0 Å². The smallest absolute Gasteiger partial charge is 0.245 e. The van der Waals surface area contributed by atoms with Crippen molar-refractivity contribution >= 4 is 16.0 Å². The summed E-state index contributed by atoms with van der Waals surface area (Å²) in [7, 11) is -1.89. The predicted octanol–water partition coefficient (Wildman–Crippen LogP) is 0.819. The van der Waals surface area contributed by atoms with E-state index in [4.69, 9.17) is 5.84 Å². The van der Waals surface area contributed by atoms with Crippen molar-refractivity contribution in [3.05, 3.63) is 12.4 Å². The highest BCUT2D eigenvalue weighted by atomic mass is 32.2. The van der Waals surface area contributed by atoms with Crippen LogP contribution in [0.5, 0.6) is 0 Å². The number of nitrogens with zero attached hydrogens (tertiary/aromatic N) is 3. The molecule has 2 saturated carbocycles. The number of hydrazine groups is 1. The van der Waals surface area contributed by atoms with Crippen LogP contribution in [0.15, 0.2) is 17.3 Å². The zero-order chi connectivity index (χ0) is 15.0. The molecule has 2 aliphatic rings. The van der Waals surface area contributed by atoms with Crippen molar-refractivity contribution in [1.82, 2.24) is 14.3 Å². The molecule has 0 amide bonds. The van der Waals surface area contributed by atoms with Gasteiger partial charge in [-0.25, -0.2) is 28.5 Å². The number of aromatic nitrogens is 2. The minimum Gasteiger partial charge on any atom is -0.292 e. The Morgan fingerprint density at radius 2 is 2.05 bits per heavy atom. The maximum absolute atomic E-state index is 12.5. The molecular formula is C13H21N5O2S. The first-order valence-electron chi connectivity index (χ1n) is 7.25. The average Bonchev–Trinajstić information content (AvgIpc) is 3.09. The third-order valence-corrected chi connectivity index (χ3v) is 6.62. The van der Waals surface area contributed by atoms with E-state index in [0.717, 1.165) is 12.3 Å². The molecule has 3 unspecified atom stereocenters. The van der Waals surface area contributed by atoms with Crippen molar-refractivity contribution in [2.75, 3.05) is 19.0 Å². The van der Waals surface area contributed by atoms with E-state index in [2.05, 4.69) is 15.4 Å². The summed E-state index contributed by atoms with van der Waals surface area (Å²) in [5, 5.41) is 0. The molecule has 0 aromatic carbocycles. The summed E-state index contributed by atoms with van der Waals surface area (Å²) >= 11 is 0. The second kappa shape index (κ2) is 5.51. The first-order chi connectivity index (χ1) is 10.0. The van der Waals surface area contributed by atoms with E-state index in [-0.39, 0.29) is 10.8 Å². The van der Waals surface area contributed by atoms with E-state index in [1.165, 1.54) is 36.0 Å². The number of anilines is 1. The van der Waals surface area contributed by atoms with Gasteiger partial charge in [-0.2, -0.15) is 0 Å². The minimum absolute atomic E-state index is 0.104. The van der Waals surface area contributed by atoms with E-state index in [1.54, 1.807) is 7.05 Å². The molecular weight excluding hydrogens is 290 g/mol. The Morgan fingerprint density at radius 1 is 1.33 bits per heavy atom. The van der Waals surface area contributed by atoms with Crippen LogP contribution < -0.4 is 11.3 Å². The summed E-state index contributed by atoms with van der Waals surface area (Å²) < 4.78 is 26.5. The Hall–Kier alpha value is -1.25. The Kier molecular flexibility index (Phi) is 3.85. The number of hydrogen-bond donors (Lipinski definition) is 2. The van der Waals surface area contributed by atoms with Gasteiger partial charge in [-0.3, -0.25) is 5.43 Å². The van der Waals surface area contributed by atoms with E-state index >= 15 is 0 Å². The van der Waals surface area contributed by atoms with E-state index in [1.807, 2.05) is 0 Å². The topological polar surface area (TPSA) is 101 Å². The molecule has 0 radical (unpaired) electrons. The molecule has 21 heavy (non-hydrogen) atoms. The third kappa shape index (κ3) is 2.75. The van der Waals surface area contributed by atoms with Crippen molar-refractivity contribution < 1.29 is 8.42 Å². The average molecular weight is 311 g/mol. The van der Waals surface area contributed by atoms with Gasteiger partial charge in [-0.1, -0.05) is 6.42 Å². The van der Waals surface area contributed by atoms with Gasteiger partial charge in [-0.05, 0) is 37.0 Å². The molecule has 1 aromatic rings. The van der Waals surface area contributed by atoms with Crippen molar-refractivity contribution in [3.63, 3.8) is 0 Å². The number of fused-ring (bicyclic) bond motifs is 2. The van der Waals surface area contributed by atoms with Crippen LogP contribution in [0.25, 0.3) is 0 Å². The van der Waals surface area contributed by atoms with Crippen LogP contribution in [0.4, 0.5) is 5.95 Å². The Labute approximate surface area is 125 Å². The summed E-state index contributed by atoms with van der Waals surface area (Å²) in [6.07, 6.45) is 7.58. The molecule has 3 rings (SSSR count). The van der Waals surface area contributed by atoms with Crippen LogP contribution in [0.3, 0.4) is 0 Å². The normalized spacial score (nSPS) is 28.2. The van der Waals surface area contributed by atoms with Gasteiger partial charge in [0.25, 0.3) is 0 Å². The molecule has 1 aromatic heterocycles. The fourth-order valence-corrected chi connectivity index (χ4v) is 4.85. The fourth-order valence-electron chi connectivity index (χ4n) is 3.73. The second-order valence-electron chi connectivity index (χ2n) is 6.11. The zero-order valence-electron chi connectivity index (χ0n) is 12.1. The Bertz CT molecular complexity index is 603. The molecule has 3 N–H and O–H groups in total. The quantitative estimate of drug-likeness (QED) is 0.616.